The molecule has 2 aliphatic rings. The molecule has 0 bridgehead atoms. The van der Waals surface area contributed by atoms with Crippen molar-refractivity contribution in [1.29, 1.82) is 0 Å². The van der Waals surface area contributed by atoms with Gasteiger partial charge in [0, 0.05) is 24.9 Å². The van der Waals surface area contributed by atoms with Crippen molar-refractivity contribution in [3.05, 3.63) is 58.9 Å². The molecule has 0 radical (unpaired) electrons. The Morgan fingerprint density at radius 2 is 1.71 bits per heavy atom. The first-order valence-electron chi connectivity index (χ1n) is 10.9. The highest BCUT2D eigenvalue weighted by Gasteiger charge is 2.33. The number of carbonyl (C=O) groups excluding carboxylic acids is 2. The van der Waals surface area contributed by atoms with Crippen LogP contribution in [0.5, 0.6) is 0 Å². The van der Waals surface area contributed by atoms with Crippen LogP contribution in [-0.2, 0) is 4.79 Å². The molecule has 1 saturated carbocycles. The Balaban J connectivity index is 1.27. The molecule has 0 unspecified atom stereocenters. The quantitative estimate of drug-likeness (QED) is 0.507. The standard InChI is InChI=1S/C23H26N6O2/c1-14-19(15(2)29(27-14)18-6-4-3-5-7-18)20(30)23(31)28-12-10-17(11-13-28)22-24-21(25-26-22)16-8-9-16/h3-7,16-17H,8-13H2,1-2H3,(H,24,25,26). The van der Waals surface area contributed by atoms with Crippen molar-refractivity contribution in [1.82, 2.24) is 29.9 Å². The van der Waals surface area contributed by atoms with Crippen LogP contribution >= 0.6 is 0 Å². The number of benzene rings is 1. The lowest BCUT2D eigenvalue weighted by atomic mass is 9.95. The summed E-state index contributed by atoms with van der Waals surface area (Å²) in [6, 6.07) is 9.63. The van der Waals surface area contributed by atoms with Gasteiger partial charge in [0.15, 0.2) is 5.82 Å². The van der Waals surface area contributed by atoms with Gasteiger partial charge in [-0.15, -0.1) is 0 Å². The van der Waals surface area contributed by atoms with E-state index in [-0.39, 0.29) is 5.92 Å². The molecule has 1 aliphatic carbocycles. The highest BCUT2D eigenvalue weighted by molar-refractivity contribution is 6.43. The van der Waals surface area contributed by atoms with Crippen LogP contribution in [0, 0.1) is 13.8 Å². The Kier molecular flexibility index (Phi) is 4.92. The number of aromatic nitrogens is 5. The molecule has 31 heavy (non-hydrogen) atoms. The third-order valence-electron chi connectivity index (χ3n) is 6.34. The van der Waals surface area contributed by atoms with Crippen LogP contribution in [0.2, 0.25) is 0 Å². The number of Topliss-reactive ketones (excluding diaryl/α,β-unsaturated/α-hetero) is 1. The molecule has 2 fully saturated rings. The second-order valence-corrected chi connectivity index (χ2v) is 8.54. The van der Waals surface area contributed by atoms with E-state index >= 15 is 0 Å². The van der Waals surface area contributed by atoms with Gasteiger partial charge in [-0.25, -0.2) is 9.67 Å². The van der Waals surface area contributed by atoms with Crippen LogP contribution in [0.25, 0.3) is 5.69 Å². The number of H-pyrrole nitrogens is 1. The topological polar surface area (TPSA) is 96.8 Å². The van der Waals surface area contributed by atoms with Gasteiger partial charge in [-0.05, 0) is 51.7 Å². The molecule has 160 valence electrons. The van der Waals surface area contributed by atoms with Gasteiger partial charge in [0.05, 0.1) is 22.6 Å². The molecule has 2 aromatic heterocycles. The Bertz CT molecular complexity index is 1120. The predicted octanol–water partition coefficient (Wildman–Crippen LogP) is 3.07. The summed E-state index contributed by atoms with van der Waals surface area (Å²) in [5, 5.41) is 11.9. The van der Waals surface area contributed by atoms with Crippen molar-refractivity contribution in [2.45, 2.75) is 51.4 Å². The lowest BCUT2D eigenvalue weighted by molar-refractivity contribution is -0.127. The zero-order valence-electron chi connectivity index (χ0n) is 17.8. The third kappa shape index (κ3) is 3.66. The molecule has 8 heteroatoms. The zero-order chi connectivity index (χ0) is 21.5. The number of aromatic amines is 1. The summed E-state index contributed by atoms with van der Waals surface area (Å²) in [5.74, 6) is 1.68. The van der Waals surface area contributed by atoms with Gasteiger partial charge in [-0.1, -0.05) is 18.2 Å². The van der Waals surface area contributed by atoms with Gasteiger partial charge >= 0.3 is 0 Å². The number of piperidine rings is 1. The van der Waals surface area contributed by atoms with Gasteiger partial charge < -0.3 is 4.90 Å². The summed E-state index contributed by atoms with van der Waals surface area (Å²) in [5.41, 5.74) is 2.53. The molecule has 3 heterocycles. The van der Waals surface area contributed by atoms with Crippen molar-refractivity contribution in [3.8, 4) is 5.69 Å². The Labute approximate surface area is 180 Å². The van der Waals surface area contributed by atoms with Gasteiger partial charge in [0.2, 0.25) is 0 Å². The molecule has 1 saturated heterocycles. The largest absolute Gasteiger partial charge is 0.336 e. The van der Waals surface area contributed by atoms with E-state index in [9.17, 15) is 9.59 Å². The number of nitrogens with one attached hydrogen (secondary N) is 1. The second kappa shape index (κ2) is 7.76. The minimum atomic E-state index is -0.480. The molecule has 1 aromatic carbocycles. The van der Waals surface area contributed by atoms with E-state index in [2.05, 4.69) is 20.3 Å². The first-order valence-corrected chi connectivity index (χ1v) is 10.9. The molecule has 8 nitrogen and oxygen atoms in total. The lowest BCUT2D eigenvalue weighted by Crippen LogP contribution is -2.42. The predicted molar refractivity (Wildman–Crippen MR) is 114 cm³/mol. The number of hydrogen-bond acceptors (Lipinski definition) is 5. The van der Waals surface area contributed by atoms with Gasteiger partial charge in [0.1, 0.15) is 5.82 Å². The van der Waals surface area contributed by atoms with E-state index < -0.39 is 11.7 Å². The second-order valence-electron chi connectivity index (χ2n) is 8.54. The fourth-order valence-electron chi connectivity index (χ4n) is 4.39. The van der Waals surface area contributed by atoms with Crippen molar-refractivity contribution >= 4 is 11.7 Å². The highest BCUT2D eigenvalue weighted by atomic mass is 16.2. The molecule has 1 N–H and O–H groups in total. The maximum atomic E-state index is 13.1. The summed E-state index contributed by atoms with van der Waals surface area (Å²) in [6.45, 7) is 4.70. The van der Waals surface area contributed by atoms with Crippen molar-refractivity contribution in [3.63, 3.8) is 0 Å². The molecule has 5 rings (SSSR count). The van der Waals surface area contributed by atoms with Gasteiger partial charge in [-0.3, -0.25) is 14.7 Å². The monoisotopic (exact) mass is 418 g/mol. The molecule has 1 amide bonds. The normalized spacial score (nSPS) is 17.2. The number of aryl methyl sites for hydroxylation is 1. The lowest BCUT2D eigenvalue weighted by Gasteiger charge is -2.30. The van der Waals surface area contributed by atoms with Crippen molar-refractivity contribution in [2.24, 2.45) is 0 Å². The van der Waals surface area contributed by atoms with E-state index in [1.807, 2.05) is 37.3 Å². The van der Waals surface area contributed by atoms with E-state index in [1.54, 1.807) is 16.5 Å². The third-order valence-corrected chi connectivity index (χ3v) is 6.34. The fraction of sp³-hybridized carbons (Fsp3) is 0.435. The average Bonchev–Trinajstić information content (AvgIpc) is 3.45. The summed E-state index contributed by atoms with van der Waals surface area (Å²) in [4.78, 5) is 32.4. The van der Waals surface area contributed by atoms with Crippen molar-refractivity contribution in [2.75, 3.05) is 13.1 Å². The van der Waals surface area contributed by atoms with Crippen molar-refractivity contribution < 1.29 is 9.59 Å². The van der Waals surface area contributed by atoms with E-state index in [0.717, 1.165) is 30.2 Å². The van der Waals surface area contributed by atoms with Crippen LogP contribution in [0.15, 0.2) is 30.3 Å². The first-order chi connectivity index (χ1) is 15.0. The number of hydrogen-bond donors (Lipinski definition) is 1. The summed E-state index contributed by atoms with van der Waals surface area (Å²) in [7, 11) is 0. The first kappa shape index (κ1) is 19.7. The number of carbonyl (C=O) groups is 2. The Morgan fingerprint density at radius 3 is 2.39 bits per heavy atom. The molecule has 0 atom stereocenters. The fourth-order valence-corrected chi connectivity index (χ4v) is 4.39. The minimum absolute atomic E-state index is 0.253. The summed E-state index contributed by atoms with van der Waals surface area (Å²) < 4.78 is 1.73. The van der Waals surface area contributed by atoms with Crippen LogP contribution in [0.3, 0.4) is 0 Å². The van der Waals surface area contributed by atoms with Crippen LogP contribution in [0.4, 0.5) is 0 Å². The van der Waals surface area contributed by atoms with E-state index in [4.69, 9.17) is 0 Å². The van der Waals surface area contributed by atoms with Crippen LogP contribution < -0.4 is 0 Å². The number of para-hydroxylation sites is 1. The molecular formula is C23H26N6O2. The molecule has 3 aromatic rings. The highest BCUT2D eigenvalue weighted by Crippen LogP contribution is 2.38. The number of nitrogens with zero attached hydrogens (tertiary/aromatic N) is 5. The maximum Gasteiger partial charge on any atom is 0.295 e. The smallest absolute Gasteiger partial charge is 0.295 e. The molecule has 1 aliphatic heterocycles. The SMILES string of the molecule is Cc1nn(-c2ccccc2)c(C)c1C(=O)C(=O)N1CCC(c2nc(C3CC3)n[nH]2)CC1. The summed E-state index contributed by atoms with van der Waals surface area (Å²) >= 11 is 0. The summed E-state index contributed by atoms with van der Waals surface area (Å²) in [6.07, 6.45) is 3.90. The van der Waals surface area contributed by atoms with Crippen LogP contribution in [0.1, 0.15) is 70.9 Å². The Morgan fingerprint density at radius 1 is 1.00 bits per heavy atom. The number of likely N-dealkylation sites (tertiary alicyclic amines) is 1. The minimum Gasteiger partial charge on any atom is -0.336 e. The Hall–Kier alpha value is -3.29. The maximum absolute atomic E-state index is 13.1. The van der Waals surface area contributed by atoms with Crippen LogP contribution in [-0.4, -0.2) is 54.6 Å². The van der Waals surface area contributed by atoms with Gasteiger partial charge in [-0.2, -0.15) is 10.2 Å². The van der Waals surface area contributed by atoms with E-state index in [0.29, 0.717) is 36.0 Å². The van der Waals surface area contributed by atoms with Gasteiger partial charge in [0.25, 0.3) is 11.7 Å². The average molecular weight is 419 g/mol. The molecular weight excluding hydrogens is 392 g/mol. The molecule has 0 spiro atoms. The number of ketones is 1. The number of amides is 1. The van der Waals surface area contributed by atoms with E-state index in [1.165, 1.54) is 12.8 Å². The number of rotatable bonds is 5. The zero-order valence-corrected chi connectivity index (χ0v) is 17.8.